The Morgan fingerprint density at radius 3 is 2.30 bits per heavy atom. The summed E-state index contributed by atoms with van der Waals surface area (Å²) in [5, 5.41) is 14.0. The van der Waals surface area contributed by atoms with Crippen LogP contribution in [0.1, 0.15) is 35.8 Å². The van der Waals surface area contributed by atoms with Crippen molar-refractivity contribution in [1.29, 1.82) is 0 Å². The summed E-state index contributed by atoms with van der Waals surface area (Å²) in [6.45, 7) is 8.75. The molecule has 0 spiro atoms. The highest BCUT2D eigenvalue weighted by Crippen LogP contribution is 2.50. The molecular weight excluding hydrogens is 484 g/mol. The quantitative estimate of drug-likeness (QED) is 0.290. The molecule has 0 aliphatic carbocycles. The van der Waals surface area contributed by atoms with Gasteiger partial charge in [0.1, 0.15) is 5.75 Å². The smallest absolute Gasteiger partial charge is 0.117 e. The van der Waals surface area contributed by atoms with Crippen LogP contribution in [0.3, 0.4) is 0 Å². The molecule has 0 amide bonds. The summed E-state index contributed by atoms with van der Waals surface area (Å²) in [5.74, 6) is 0.589. The number of thiophene rings is 1. The van der Waals surface area contributed by atoms with Crippen molar-refractivity contribution in [2.45, 2.75) is 33.6 Å². The van der Waals surface area contributed by atoms with Gasteiger partial charge in [-0.2, -0.15) is 0 Å². The fourth-order valence-corrected chi connectivity index (χ4v) is 6.39. The van der Waals surface area contributed by atoms with E-state index in [0.717, 1.165) is 10.0 Å². The molecule has 0 bridgehead atoms. The average Bonchev–Trinajstić information content (AvgIpc) is 2.92. The van der Waals surface area contributed by atoms with E-state index < -0.39 is 0 Å². The first kappa shape index (κ1) is 19.0. The molecule has 4 aromatic rings. The molecule has 27 heavy (non-hydrogen) atoms. The predicted octanol–water partition coefficient (Wildman–Crippen LogP) is 8.69. The van der Waals surface area contributed by atoms with Gasteiger partial charge in [-0.25, -0.2) is 0 Å². The maximum Gasteiger partial charge on any atom is 0.117 e. The molecule has 1 aromatic heterocycles. The summed E-state index contributed by atoms with van der Waals surface area (Å²) in [6, 6.07) is 12.3. The summed E-state index contributed by atoms with van der Waals surface area (Å²) < 4.78 is 3.38. The summed E-state index contributed by atoms with van der Waals surface area (Å²) in [5.41, 5.74) is 4.91. The van der Waals surface area contributed by atoms with Crippen molar-refractivity contribution in [3.05, 3.63) is 61.3 Å². The molecule has 3 aromatic carbocycles. The molecule has 1 heterocycles. The molecular formula is C23H20Br2OS. The van der Waals surface area contributed by atoms with Crippen LogP contribution in [0.15, 0.2) is 45.3 Å². The highest BCUT2D eigenvalue weighted by molar-refractivity contribution is 9.11. The van der Waals surface area contributed by atoms with Crippen molar-refractivity contribution in [2.24, 2.45) is 0 Å². The summed E-state index contributed by atoms with van der Waals surface area (Å²) in [6.07, 6.45) is 0. The van der Waals surface area contributed by atoms with Crippen molar-refractivity contribution in [1.82, 2.24) is 0 Å². The fraction of sp³-hybridized carbons (Fsp3) is 0.217. The van der Waals surface area contributed by atoms with Gasteiger partial charge in [0, 0.05) is 24.8 Å². The lowest BCUT2D eigenvalue weighted by molar-refractivity contribution is 0.474. The number of hydrogen-bond donors (Lipinski definition) is 1. The average molecular weight is 504 g/mol. The SMILES string of the molecule is Cc1sc2c(Br)c3ccccc3c(-c3c(Br)cc(O)cc3C(C)C)c2c1C. The van der Waals surface area contributed by atoms with E-state index >= 15 is 0 Å². The molecule has 0 aliphatic heterocycles. The molecule has 0 atom stereocenters. The maximum absolute atomic E-state index is 10.2. The molecule has 0 radical (unpaired) electrons. The van der Waals surface area contributed by atoms with Gasteiger partial charge >= 0.3 is 0 Å². The summed E-state index contributed by atoms with van der Waals surface area (Å²) >= 11 is 9.47. The number of fused-ring (bicyclic) bond motifs is 2. The first-order valence-electron chi connectivity index (χ1n) is 8.94. The number of hydrogen-bond acceptors (Lipinski definition) is 2. The second kappa shape index (κ2) is 6.91. The molecule has 0 fully saturated rings. The van der Waals surface area contributed by atoms with Crippen LogP contribution < -0.4 is 0 Å². The minimum Gasteiger partial charge on any atom is -0.508 e. The zero-order valence-corrected chi connectivity index (χ0v) is 19.6. The first-order valence-corrected chi connectivity index (χ1v) is 11.3. The van der Waals surface area contributed by atoms with Crippen molar-refractivity contribution in [3.63, 3.8) is 0 Å². The molecule has 0 unspecified atom stereocenters. The molecule has 0 saturated heterocycles. The highest BCUT2D eigenvalue weighted by atomic mass is 79.9. The van der Waals surface area contributed by atoms with Gasteiger partial charge in [-0.15, -0.1) is 11.3 Å². The normalized spacial score (nSPS) is 11.8. The summed E-state index contributed by atoms with van der Waals surface area (Å²) in [4.78, 5) is 1.34. The molecule has 1 nitrogen and oxygen atoms in total. The second-order valence-electron chi connectivity index (χ2n) is 7.27. The number of benzene rings is 3. The van der Waals surface area contributed by atoms with E-state index in [0.29, 0.717) is 11.7 Å². The number of aryl methyl sites for hydroxylation is 2. The topological polar surface area (TPSA) is 20.2 Å². The van der Waals surface area contributed by atoms with Gasteiger partial charge < -0.3 is 5.11 Å². The highest BCUT2D eigenvalue weighted by Gasteiger charge is 2.23. The lowest BCUT2D eigenvalue weighted by Crippen LogP contribution is -1.96. The van der Waals surface area contributed by atoms with Gasteiger partial charge in [0.05, 0.1) is 4.70 Å². The minimum atomic E-state index is 0.292. The molecule has 4 rings (SSSR count). The van der Waals surface area contributed by atoms with E-state index in [1.807, 2.05) is 17.4 Å². The Morgan fingerprint density at radius 1 is 0.963 bits per heavy atom. The van der Waals surface area contributed by atoms with Crippen molar-refractivity contribution >= 4 is 64.1 Å². The number of rotatable bonds is 2. The van der Waals surface area contributed by atoms with Crippen LogP contribution in [0.25, 0.3) is 32.0 Å². The number of phenols is 1. The molecule has 1 N–H and O–H groups in total. The Labute approximate surface area is 180 Å². The van der Waals surface area contributed by atoms with E-state index in [1.165, 1.54) is 46.9 Å². The van der Waals surface area contributed by atoms with Crippen molar-refractivity contribution < 1.29 is 5.11 Å². The third kappa shape index (κ3) is 2.93. The molecule has 4 heteroatoms. The number of phenolic OH excluding ortho intramolecular Hbond substituents is 1. The molecule has 138 valence electrons. The molecule has 0 saturated carbocycles. The van der Waals surface area contributed by atoms with Crippen LogP contribution in [-0.4, -0.2) is 5.11 Å². The minimum absolute atomic E-state index is 0.292. The Morgan fingerprint density at radius 2 is 1.63 bits per heavy atom. The standard InChI is InChI=1S/C23H20Br2OS/c1-11(2)17-9-14(26)10-18(24)20(17)21-15-7-5-6-8-16(15)22(25)23-19(21)12(3)13(4)27-23/h5-11,26H,1-4H3. The number of aromatic hydroxyl groups is 1. The van der Waals surface area contributed by atoms with Gasteiger partial charge in [-0.05, 0) is 75.3 Å². The lowest BCUT2D eigenvalue weighted by Gasteiger charge is -2.20. The van der Waals surface area contributed by atoms with Crippen LogP contribution >= 0.6 is 43.2 Å². The number of halogens is 2. The Hall–Kier alpha value is -1.36. The van der Waals surface area contributed by atoms with Gasteiger partial charge in [-0.1, -0.05) is 54.0 Å². The maximum atomic E-state index is 10.2. The third-order valence-corrected chi connectivity index (χ3v) is 8.18. The first-order chi connectivity index (χ1) is 12.8. The van der Waals surface area contributed by atoms with Crippen LogP contribution in [0.4, 0.5) is 0 Å². The largest absolute Gasteiger partial charge is 0.508 e. The second-order valence-corrected chi connectivity index (χ2v) is 10.1. The van der Waals surface area contributed by atoms with Gasteiger partial charge in [-0.3, -0.25) is 0 Å². The van der Waals surface area contributed by atoms with E-state index in [4.69, 9.17) is 0 Å². The lowest BCUT2D eigenvalue weighted by atomic mass is 9.87. The summed E-state index contributed by atoms with van der Waals surface area (Å²) in [7, 11) is 0. The Kier molecular flexibility index (Phi) is 4.86. The van der Waals surface area contributed by atoms with Crippen LogP contribution in [0.5, 0.6) is 5.75 Å². The van der Waals surface area contributed by atoms with E-state index in [-0.39, 0.29) is 0 Å². The van der Waals surface area contributed by atoms with Crippen LogP contribution in [0, 0.1) is 13.8 Å². The Balaban J connectivity index is 2.32. The third-order valence-electron chi connectivity index (χ3n) is 5.25. The van der Waals surface area contributed by atoms with E-state index in [9.17, 15) is 5.11 Å². The zero-order valence-electron chi connectivity index (χ0n) is 15.7. The van der Waals surface area contributed by atoms with Crippen molar-refractivity contribution in [2.75, 3.05) is 0 Å². The van der Waals surface area contributed by atoms with E-state index in [1.54, 1.807) is 6.07 Å². The van der Waals surface area contributed by atoms with Gasteiger partial charge in [0.2, 0.25) is 0 Å². The predicted molar refractivity (Wildman–Crippen MR) is 125 cm³/mol. The monoisotopic (exact) mass is 502 g/mol. The van der Waals surface area contributed by atoms with Crippen LogP contribution in [0.2, 0.25) is 0 Å². The van der Waals surface area contributed by atoms with Crippen LogP contribution in [-0.2, 0) is 0 Å². The molecule has 0 aliphatic rings. The Bertz CT molecular complexity index is 1200. The van der Waals surface area contributed by atoms with E-state index in [2.05, 4.69) is 83.8 Å². The van der Waals surface area contributed by atoms with Gasteiger partial charge in [0.25, 0.3) is 0 Å². The zero-order chi connectivity index (χ0) is 19.5. The van der Waals surface area contributed by atoms with Crippen molar-refractivity contribution in [3.8, 4) is 16.9 Å². The van der Waals surface area contributed by atoms with Gasteiger partial charge in [0.15, 0.2) is 0 Å². The fourth-order valence-electron chi connectivity index (χ4n) is 3.82.